The van der Waals surface area contributed by atoms with Crippen molar-refractivity contribution in [1.82, 2.24) is 9.78 Å². The molecule has 0 saturated heterocycles. The summed E-state index contributed by atoms with van der Waals surface area (Å²) >= 11 is 1.53. The summed E-state index contributed by atoms with van der Waals surface area (Å²) in [6, 6.07) is 2.23. The van der Waals surface area contributed by atoms with Gasteiger partial charge in [-0.15, -0.1) is 11.3 Å². The van der Waals surface area contributed by atoms with Crippen molar-refractivity contribution >= 4 is 22.2 Å². The molecule has 5 nitrogen and oxygen atoms in total. The summed E-state index contributed by atoms with van der Waals surface area (Å²) in [5.41, 5.74) is 3.11. The van der Waals surface area contributed by atoms with Crippen LogP contribution in [0.2, 0.25) is 0 Å². The van der Waals surface area contributed by atoms with Crippen LogP contribution < -0.4 is 5.32 Å². The second-order valence-electron chi connectivity index (χ2n) is 4.89. The van der Waals surface area contributed by atoms with Crippen LogP contribution in [-0.4, -0.2) is 15.7 Å². The Morgan fingerprint density at radius 2 is 2.35 bits per heavy atom. The van der Waals surface area contributed by atoms with Gasteiger partial charge in [0.1, 0.15) is 11.1 Å². The van der Waals surface area contributed by atoms with Crippen molar-refractivity contribution in [3.8, 4) is 6.07 Å². The van der Waals surface area contributed by atoms with E-state index in [1.165, 1.54) is 16.2 Å². The van der Waals surface area contributed by atoms with E-state index in [1.54, 1.807) is 17.9 Å². The Kier molecular flexibility index (Phi) is 3.07. The lowest BCUT2D eigenvalue weighted by molar-refractivity contribution is 0.102. The molecule has 1 aliphatic carbocycles. The van der Waals surface area contributed by atoms with Crippen molar-refractivity contribution < 1.29 is 4.79 Å². The van der Waals surface area contributed by atoms with Gasteiger partial charge >= 0.3 is 0 Å². The summed E-state index contributed by atoms with van der Waals surface area (Å²) in [4.78, 5) is 13.5. The van der Waals surface area contributed by atoms with E-state index in [0.29, 0.717) is 16.1 Å². The van der Waals surface area contributed by atoms with Gasteiger partial charge in [-0.2, -0.15) is 10.4 Å². The van der Waals surface area contributed by atoms with Gasteiger partial charge in [-0.25, -0.2) is 0 Å². The van der Waals surface area contributed by atoms with Crippen LogP contribution in [0.4, 0.5) is 5.00 Å². The number of nitrogens with one attached hydrogen (secondary N) is 1. The minimum atomic E-state index is -0.202. The van der Waals surface area contributed by atoms with Crippen LogP contribution >= 0.6 is 11.3 Å². The maximum atomic E-state index is 12.3. The monoisotopic (exact) mass is 286 g/mol. The minimum absolute atomic E-state index is 0.202. The fourth-order valence-corrected chi connectivity index (χ4v) is 3.74. The van der Waals surface area contributed by atoms with Gasteiger partial charge in [0.25, 0.3) is 5.91 Å². The first-order valence-corrected chi connectivity index (χ1v) is 7.28. The summed E-state index contributed by atoms with van der Waals surface area (Å²) in [5.74, 6) is -0.202. The number of aromatic nitrogens is 2. The molecule has 0 unspecified atom stereocenters. The first-order valence-electron chi connectivity index (χ1n) is 6.46. The van der Waals surface area contributed by atoms with Crippen LogP contribution in [0, 0.1) is 18.3 Å². The molecule has 0 spiro atoms. The zero-order valence-electron chi connectivity index (χ0n) is 11.4. The van der Waals surface area contributed by atoms with Gasteiger partial charge in [-0.3, -0.25) is 9.48 Å². The molecule has 20 heavy (non-hydrogen) atoms. The van der Waals surface area contributed by atoms with Crippen LogP contribution in [0.5, 0.6) is 0 Å². The lowest BCUT2D eigenvalue weighted by atomic mass is 10.1. The summed E-state index contributed by atoms with van der Waals surface area (Å²) in [7, 11) is 1.80. The second kappa shape index (κ2) is 4.76. The van der Waals surface area contributed by atoms with Crippen LogP contribution in [0.3, 0.4) is 0 Å². The van der Waals surface area contributed by atoms with E-state index < -0.39 is 0 Å². The first-order chi connectivity index (χ1) is 9.61. The Morgan fingerprint density at radius 3 is 3.00 bits per heavy atom. The highest BCUT2D eigenvalue weighted by Gasteiger charge is 2.24. The summed E-state index contributed by atoms with van der Waals surface area (Å²) in [6.07, 6.45) is 4.61. The zero-order valence-corrected chi connectivity index (χ0v) is 12.2. The van der Waals surface area contributed by atoms with E-state index in [-0.39, 0.29) is 5.91 Å². The van der Waals surface area contributed by atoms with Crippen molar-refractivity contribution in [2.75, 3.05) is 5.32 Å². The van der Waals surface area contributed by atoms with Crippen molar-refractivity contribution in [1.29, 1.82) is 5.26 Å². The van der Waals surface area contributed by atoms with Crippen molar-refractivity contribution in [3.05, 3.63) is 33.5 Å². The number of fused-ring (bicyclic) bond motifs is 1. The number of rotatable bonds is 2. The number of anilines is 1. The van der Waals surface area contributed by atoms with Gasteiger partial charge in [-0.1, -0.05) is 0 Å². The standard InChI is InChI=1S/C14H14N4OS/c1-8-11(7-16-18(8)2)13(19)17-14-10(6-15)9-4-3-5-12(9)20-14/h7H,3-5H2,1-2H3,(H,17,19). The average molecular weight is 286 g/mol. The van der Waals surface area contributed by atoms with Crippen molar-refractivity contribution in [2.45, 2.75) is 26.2 Å². The largest absolute Gasteiger partial charge is 0.312 e. The lowest BCUT2D eigenvalue weighted by Gasteiger charge is -2.03. The molecular formula is C14H14N4OS. The number of carbonyl (C=O) groups is 1. The Balaban J connectivity index is 1.91. The molecule has 0 bridgehead atoms. The van der Waals surface area contributed by atoms with Crippen LogP contribution in [0.1, 0.15) is 38.5 Å². The smallest absolute Gasteiger partial charge is 0.259 e. The maximum Gasteiger partial charge on any atom is 0.259 e. The summed E-state index contributed by atoms with van der Waals surface area (Å²) in [6.45, 7) is 1.85. The van der Waals surface area contributed by atoms with Crippen molar-refractivity contribution in [2.24, 2.45) is 7.05 Å². The quantitative estimate of drug-likeness (QED) is 0.921. The van der Waals surface area contributed by atoms with Gasteiger partial charge in [0.2, 0.25) is 0 Å². The molecule has 0 aliphatic heterocycles. The van der Waals surface area contributed by atoms with E-state index in [2.05, 4.69) is 16.5 Å². The van der Waals surface area contributed by atoms with Crippen LogP contribution in [0.15, 0.2) is 6.20 Å². The molecule has 0 saturated carbocycles. The highest BCUT2D eigenvalue weighted by atomic mass is 32.1. The van der Waals surface area contributed by atoms with Gasteiger partial charge in [0.15, 0.2) is 0 Å². The van der Waals surface area contributed by atoms with Crippen LogP contribution in [0.25, 0.3) is 0 Å². The predicted octanol–water partition coefficient (Wildman–Crippen LogP) is 2.40. The van der Waals surface area contributed by atoms with E-state index in [1.807, 2.05) is 6.92 Å². The lowest BCUT2D eigenvalue weighted by Crippen LogP contribution is -2.13. The molecule has 0 fully saturated rings. The van der Waals surface area contributed by atoms with Crippen LogP contribution in [-0.2, 0) is 19.9 Å². The number of aryl methyl sites for hydroxylation is 2. The maximum absolute atomic E-state index is 12.3. The number of amides is 1. The number of nitriles is 1. The van der Waals surface area contributed by atoms with Gasteiger partial charge < -0.3 is 5.32 Å². The molecule has 6 heteroatoms. The molecule has 2 aromatic heterocycles. The molecule has 0 aromatic carbocycles. The molecule has 2 heterocycles. The Morgan fingerprint density at radius 1 is 1.55 bits per heavy atom. The third-order valence-electron chi connectivity index (χ3n) is 3.74. The molecular weight excluding hydrogens is 272 g/mol. The highest BCUT2D eigenvalue weighted by molar-refractivity contribution is 7.16. The second-order valence-corrected chi connectivity index (χ2v) is 6.00. The Labute approximate surface area is 120 Å². The minimum Gasteiger partial charge on any atom is -0.312 e. The highest BCUT2D eigenvalue weighted by Crippen LogP contribution is 2.38. The molecule has 0 atom stereocenters. The van der Waals surface area contributed by atoms with Gasteiger partial charge in [-0.05, 0) is 31.7 Å². The van der Waals surface area contributed by atoms with E-state index in [9.17, 15) is 10.1 Å². The number of nitrogens with zero attached hydrogens (tertiary/aromatic N) is 3. The molecule has 1 N–H and O–H groups in total. The van der Waals surface area contributed by atoms with E-state index >= 15 is 0 Å². The molecule has 3 rings (SSSR count). The predicted molar refractivity (Wildman–Crippen MR) is 77.0 cm³/mol. The van der Waals surface area contributed by atoms with Gasteiger partial charge in [0.05, 0.1) is 17.3 Å². The number of carbonyl (C=O) groups excluding carboxylic acids is 1. The first kappa shape index (κ1) is 12.9. The third kappa shape index (κ3) is 1.91. The fraction of sp³-hybridized carbons (Fsp3) is 0.357. The Bertz CT molecular complexity index is 735. The molecule has 1 aliphatic rings. The molecule has 0 radical (unpaired) electrons. The fourth-order valence-electron chi connectivity index (χ4n) is 2.50. The number of hydrogen-bond donors (Lipinski definition) is 1. The molecule has 2 aromatic rings. The molecule has 1 amide bonds. The average Bonchev–Trinajstić information content (AvgIpc) is 3.06. The van der Waals surface area contributed by atoms with E-state index in [0.717, 1.165) is 30.5 Å². The third-order valence-corrected chi connectivity index (χ3v) is 4.95. The molecule has 102 valence electrons. The topological polar surface area (TPSA) is 70.7 Å². The van der Waals surface area contributed by atoms with Crippen molar-refractivity contribution in [3.63, 3.8) is 0 Å². The summed E-state index contributed by atoms with van der Waals surface area (Å²) < 4.78 is 1.66. The zero-order chi connectivity index (χ0) is 14.3. The number of thiophene rings is 1. The number of hydrogen-bond acceptors (Lipinski definition) is 4. The SMILES string of the molecule is Cc1c(C(=O)Nc2sc3c(c2C#N)CCC3)cnn1C. The van der Waals surface area contributed by atoms with E-state index in [4.69, 9.17) is 0 Å². The summed E-state index contributed by atoms with van der Waals surface area (Å²) in [5, 5.41) is 16.9. The Hall–Kier alpha value is -2.13. The van der Waals surface area contributed by atoms with Gasteiger partial charge in [0, 0.05) is 17.6 Å². The normalized spacial score (nSPS) is 13.1.